The van der Waals surface area contributed by atoms with Crippen LogP contribution in [-0.2, 0) is 82.4 Å². The van der Waals surface area contributed by atoms with Gasteiger partial charge in [-0.05, 0) is 20.8 Å². The molecule has 0 rings (SSSR count). The monoisotopic (exact) mass is 1520 g/mol. The van der Waals surface area contributed by atoms with Gasteiger partial charge in [0.1, 0.15) is 0 Å². The largest absolute Gasteiger partial charge is 0.313 e. The van der Waals surface area contributed by atoms with Gasteiger partial charge in [0.2, 0.25) is 0 Å². The summed E-state index contributed by atoms with van der Waals surface area (Å²) in [6.07, 6.45) is -2.06. The maximum atomic E-state index is 13.4. The van der Waals surface area contributed by atoms with Crippen LogP contribution in [0.1, 0.15) is 67.2 Å². The van der Waals surface area contributed by atoms with E-state index in [-0.39, 0.29) is 155 Å². The first-order valence-electron chi connectivity index (χ1n) is 22.6. The second-order valence-corrected chi connectivity index (χ2v) is 39.5. The average molecular weight is 1520 g/mol. The summed E-state index contributed by atoms with van der Waals surface area (Å²) in [5.74, 6) is -2.37. The van der Waals surface area contributed by atoms with E-state index in [0.29, 0.717) is 6.61 Å². The summed E-state index contributed by atoms with van der Waals surface area (Å²) in [5.41, 5.74) is 2.47. The Morgan fingerprint density at radius 2 is 0.900 bits per heavy atom. The van der Waals surface area contributed by atoms with E-state index in [1.165, 1.54) is 20.8 Å². The molecular formula is C37H71Ga3I3N9O18. The molecule has 0 aliphatic rings. The van der Waals surface area contributed by atoms with Gasteiger partial charge in [0.25, 0.3) is 0 Å². The summed E-state index contributed by atoms with van der Waals surface area (Å²) in [6.45, 7) is 12.7. The molecule has 0 aliphatic carbocycles. The molecule has 0 saturated heterocycles. The molecule has 0 aromatic carbocycles. The first-order valence-corrected chi connectivity index (χ1v) is 51.4. The van der Waals surface area contributed by atoms with Gasteiger partial charge in [-0.3, -0.25) is 0 Å². The molecule has 2 atom stereocenters. The van der Waals surface area contributed by atoms with Crippen LogP contribution in [-0.4, -0.2) is 211 Å². The second kappa shape index (κ2) is 46.2. The molecule has 0 aromatic heterocycles. The Kier molecular flexibility index (Phi) is 46.1. The van der Waals surface area contributed by atoms with Gasteiger partial charge >= 0.3 is 394 Å². The van der Waals surface area contributed by atoms with Crippen LogP contribution in [0.25, 0.3) is 0 Å². The minimum Gasteiger partial charge on any atom is -0.313 e. The summed E-state index contributed by atoms with van der Waals surface area (Å²) in [5, 5.41) is 14.0. The first-order chi connectivity index (χ1) is 33.5. The van der Waals surface area contributed by atoms with Crippen molar-refractivity contribution in [3.8, 4) is 0 Å². The number of nitrogens with one attached hydrogen (secondary N) is 9. The van der Waals surface area contributed by atoms with Crippen molar-refractivity contribution in [1.82, 2.24) is 44.1 Å². The number of rotatable bonds is 46. The Bertz CT molecular complexity index is 1470. The van der Waals surface area contributed by atoms with Crippen molar-refractivity contribution in [3.63, 3.8) is 0 Å². The van der Waals surface area contributed by atoms with Crippen molar-refractivity contribution in [2.75, 3.05) is 112 Å². The third-order valence-corrected chi connectivity index (χ3v) is 26.0. The van der Waals surface area contributed by atoms with Crippen LogP contribution in [0, 0.1) is 0 Å². The topological polar surface area (TPSA) is 329 Å². The van der Waals surface area contributed by atoms with Crippen molar-refractivity contribution in [2.45, 2.75) is 85.4 Å². The van der Waals surface area contributed by atoms with Crippen LogP contribution in [0.15, 0.2) is 0 Å². The molecule has 0 aromatic rings. The summed E-state index contributed by atoms with van der Waals surface area (Å²) < 4.78 is 58.3. The van der Waals surface area contributed by atoms with Crippen molar-refractivity contribution in [3.05, 3.63) is 0 Å². The Morgan fingerprint density at radius 3 is 1.33 bits per heavy atom. The fraction of sp³-hybridized carbons (Fsp3) is 0.811. The molecule has 7 amide bonds. The third-order valence-electron chi connectivity index (χ3n) is 8.18. The van der Waals surface area contributed by atoms with E-state index in [9.17, 15) is 33.6 Å². The molecule has 0 heterocycles. The summed E-state index contributed by atoms with van der Waals surface area (Å²) in [6, 6.07) is -2.03. The molecular weight excluding hydrogens is 1450 g/mol. The number of halogens is 3. The van der Waals surface area contributed by atoms with Crippen molar-refractivity contribution >= 4 is 140 Å². The van der Waals surface area contributed by atoms with Crippen molar-refractivity contribution < 1.29 is 82.4 Å². The third kappa shape index (κ3) is 41.2. The molecule has 0 bridgehead atoms. The molecule has 9 N–H and O–H groups in total. The SMILES string of the molecule is CCOC(NOOCCNC(CCC(=O)NC(CCC(=O)NCCOCC[O][Ga]([I])[NH]C(C)=O)C(=O)NCCOCC[O][Ga]([I])[NH]C(C)=O)C(=O)NCCOCC[O][Ga]([I])[NH]C(C)=O)(OCC)OCC. The Labute approximate surface area is 459 Å². The fourth-order valence-corrected chi connectivity index (χ4v) is 20.5. The van der Waals surface area contributed by atoms with E-state index in [1.54, 1.807) is 20.8 Å². The van der Waals surface area contributed by atoms with Crippen LogP contribution in [0.3, 0.4) is 0 Å². The Morgan fingerprint density at radius 1 is 0.500 bits per heavy atom. The predicted octanol–water partition coefficient (Wildman–Crippen LogP) is -1.72. The molecule has 70 heavy (non-hydrogen) atoms. The van der Waals surface area contributed by atoms with Gasteiger partial charge in [-0.2, -0.15) is 0 Å². The summed E-state index contributed by atoms with van der Waals surface area (Å²) >= 11 is -0.769. The average Bonchev–Trinajstić information content (AvgIpc) is 3.28. The van der Waals surface area contributed by atoms with E-state index in [4.69, 9.17) is 48.9 Å². The number of hydrogen-bond acceptors (Lipinski definition) is 20. The van der Waals surface area contributed by atoms with Crippen LogP contribution < -0.4 is 44.1 Å². The molecule has 0 spiro atoms. The van der Waals surface area contributed by atoms with E-state index in [2.05, 4.69) is 103 Å². The quantitative estimate of drug-likeness (QED) is 0.00818. The fourth-order valence-electron chi connectivity index (χ4n) is 5.22. The number of amides is 7. The Hall–Kier alpha value is -0.131. The predicted molar refractivity (Wildman–Crippen MR) is 280 cm³/mol. The minimum atomic E-state index is -2.38. The molecule has 2 unspecified atom stereocenters. The summed E-state index contributed by atoms with van der Waals surface area (Å²) in [4.78, 5) is 96.9. The van der Waals surface area contributed by atoms with Gasteiger partial charge in [-0.1, -0.05) is 5.48 Å². The zero-order chi connectivity index (χ0) is 52.4. The number of carbonyl (C=O) groups excluding carboxylic acids is 7. The number of hydrogen-bond donors (Lipinski definition) is 9. The molecule has 27 nitrogen and oxygen atoms in total. The van der Waals surface area contributed by atoms with Gasteiger partial charge in [0, 0.05) is 0 Å². The van der Waals surface area contributed by atoms with Crippen LogP contribution in [0.2, 0.25) is 0 Å². The smallest absolute Gasteiger partial charge is 0.0512 e. The normalized spacial score (nSPS) is 12.0. The molecule has 0 saturated carbocycles. The minimum absolute atomic E-state index is 0.00557. The second-order valence-electron chi connectivity index (χ2n) is 14.0. The van der Waals surface area contributed by atoms with E-state index < -0.39 is 75.7 Å². The van der Waals surface area contributed by atoms with Crippen molar-refractivity contribution in [2.24, 2.45) is 0 Å². The van der Waals surface area contributed by atoms with Gasteiger partial charge in [-0.25, -0.2) is 4.89 Å². The molecule has 402 valence electrons. The van der Waals surface area contributed by atoms with Gasteiger partial charge in [0.05, 0.1) is 19.8 Å². The van der Waals surface area contributed by atoms with E-state index in [1.807, 2.05) is 0 Å². The number of hydroxylamine groups is 1. The maximum Gasteiger partial charge on any atom is 0.0512 e. The standard InChI is InChI=1S/C31H59N6O15.3C2H5NO.3Ga.3HI/c1-4-48-31(49-5-2,50-6-3)37-52-51-21-14-32-25(29(43)34-12-19-46-23-16-39)7-10-28(42)36-26(30(44)35-13-20-47-24-17-40)8-9-27(41)33-11-18-45-22-15-38;3*1-2(3)4;;;;;;/h25-26,32,37H,4-24H2,1-3H3,(H,33,41)(H,34,43)(H,35,44)(H,36,42);3*1H3,(H2,3,4);;;;3*1H/q-3;;;;3*+3;;;/p-6. The van der Waals surface area contributed by atoms with E-state index >= 15 is 0 Å². The van der Waals surface area contributed by atoms with Gasteiger partial charge < -0.3 is 14.2 Å². The van der Waals surface area contributed by atoms with Crippen LogP contribution >= 0.6 is 59.0 Å². The number of ether oxygens (including phenoxy) is 6. The molecule has 0 fully saturated rings. The van der Waals surface area contributed by atoms with Gasteiger partial charge in [0.15, 0.2) is 0 Å². The molecule has 0 aliphatic heterocycles. The van der Waals surface area contributed by atoms with Crippen LogP contribution in [0.5, 0.6) is 0 Å². The van der Waals surface area contributed by atoms with Gasteiger partial charge in [-0.15, -0.1) is 4.99 Å². The van der Waals surface area contributed by atoms with Crippen molar-refractivity contribution in [1.29, 1.82) is 0 Å². The molecule has 33 heteroatoms. The number of carbonyl (C=O) groups is 7. The van der Waals surface area contributed by atoms with Crippen LogP contribution in [0.4, 0.5) is 0 Å². The molecule has 0 radical (unpaired) electrons. The first kappa shape index (κ1) is 69.9. The zero-order valence-electron chi connectivity index (χ0n) is 40.7. The summed E-state index contributed by atoms with van der Waals surface area (Å²) in [7, 11) is 0. The zero-order valence-corrected chi connectivity index (χ0v) is 54.5. The maximum absolute atomic E-state index is 13.4. The van der Waals surface area contributed by atoms with E-state index in [0.717, 1.165) is 0 Å². The Balaban J connectivity index is 5.53.